The van der Waals surface area contributed by atoms with Gasteiger partial charge in [0.1, 0.15) is 0 Å². The highest BCUT2D eigenvalue weighted by Gasteiger charge is 2.11. The molecule has 0 radical (unpaired) electrons. The van der Waals surface area contributed by atoms with Gasteiger partial charge in [-0.05, 0) is 49.6 Å². The summed E-state index contributed by atoms with van der Waals surface area (Å²) in [7, 11) is 0. The molecule has 1 unspecified atom stereocenters. The number of aliphatic hydroxyl groups excluding tert-OH is 1. The Morgan fingerprint density at radius 3 is 2.52 bits per heavy atom. The molecule has 0 spiro atoms. The van der Waals surface area contributed by atoms with Crippen molar-refractivity contribution in [2.24, 2.45) is 0 Å². The second-order valence-electron chi connectivity index (χ2n) is 5.76. The molecule has 0 saturated carbocycles. The lowest BCUT2D eigenvalue weighted by Gasteiger charge is -2.29. The van der Waals surface area contributed by atoms with Crippen LogP contribution in [0.3, 0.4) is 0 Å². The van der Waals surface area contributed by atoms with Crippen LogP contribution in [-0.2, 0) is 6.54 Å². The number of aliphatic hydroxyl groups is 1. The van der Waals surface area contributed by atoms with Gasteiger partial charge in [0, 0.05) is 43.7 Å². The van der Waals surface area contributed by atoms with Gasteiger partial charge in [-0.1, -0.05) is 12.1 Å². The quantitative estimate of drug-likeness (QED) is 0.774. The molecule has 0 aliphatic carbocycles. The molecule has 1 aromatic rings. The van der Waals surface area contributed by atoms with Crippen molar-refractivity contribution in [3.63, 3.8) is 0 Å². The molecule has 1 aliphatic rings. The summed E-state index contributed by atoms with van der Waals surface area (Å²) in [4.78, 5) is 2.49. The third-order valence-electron chi connectivity index (χ3n) is 4.10. The summed E-state index contributed by atoms with van der Waals surface area (Å²) in [5.41, 5.74) is 2.68. The summed E-state index contributed by atoms with van der Waals surface area (Å²) < 4.78 is 0. The van der Waals surface area contributed by atoms with Crippen LogP contribution < -0.4 is 10.2 Å². The van der Waals surface area contributed by atoms with Gasteiger partial charge in [0.25, 0.3) is 0 Å². The number of hydrogen-bond donors (Lipinski definition) is 2. The SMILES string of the molecule is CSCC(CCO)NCc1ccc(N2CCCCC2)cc1. The Hall–Kier alpha value is -0.710. The van der Waals surface area contributed by atoms with Crippen LogP contribution in [0, 0.1) is 0 Å². The van der Waals surface area contributed by atoms with Crippen molar-refractivity contribution in [1.29, 1.82) is 0 Å². The normalized spacial score (nSPS) is 17.0. The van der Waals surface area contributed by atoms with Gasteiger partial charge in [0.15, 0.2) is 0 Å². The van der Waals surface area contributed by atoms with Crippen molar-refractivity contribution >= 4 is 17.4 Å². The Morgan fingerprint density at radius 1 is 1.19 bits per heavy atom. The molecule has 1 aliphatic heterocycles. The third-order valence-corrected chi connectivity index (χ3v) is 4.83. The first kappa shape index (κ1) is 16.7. The molecule has 1 saturated heterocycles. The molecule has 2 rings (SSSR count). The van der Waals surface area contributed by atoms with Crippen molar-refractivity contribution in [3.8, 4) is 0 Å². The second-order valence-corrected chi connectivity index (χ2v) is 6.67. The second kappa shape index (κ2) is 9.34. The predicted octanol–water partition coefficient (Wildman–Crippen LogP) is 2.88. The molecule has 1 heterocycles. The lowest BCUT2D eigenvalue weighted by atomic mass is 10.1. The Bertz CT molecular complexity index is 384. The molecule has 2 N–H and O–H groups in total. The van der Waals surface area contributed by atoms with E-state index in [4.69, 9.17) is 5.11 Å². The Balaban J connectivity index is 1.83. The predicted molar refractivity (Wildman–Crippen MR) is 93.2 cm³/mol. The molecule has 1 atom stereocenters. The maximum Gasteiger partial charge on any atom is 0.0446 e. The van der Waals surface area contributed by atoms with Crippen LogP contribution in [0.2, 0.25) is 0 Å². The average Bonchev–Trinajstić information content (AvgIpc) is 2.54. The van der Waals surface area contributed by atoms with E-state index in [2.05, 4.69) is 40.7 Å². The summed E-state index contributed by atoms with van der Waals surface area (Å²) in [5, 5.41) is 12.6. The number of rotatable bonds is 8. The largest absolute Gasteiger partial charge is 0.396 e. The van der Waals surface area contributed by atoms with E-state index in [0.717, 1.165) is 18.7 Å². The fourth-order valence-corrected chi connectivity index (χ4v) is 3.53. The number of thioether (sulfide) groups is 1. The molecule has 21 heavy (non-hydrogen) atoms. The van der Waals surface area contributed by atoms with E-state index >= 15 is 0 Å². The maximum atomic E-state index is 9.09. The van der Waals surface area contributed by atoms with Gasteiger partial charge in [-0.3, -0.25) is 0 Å². The zero-order valence-corrected chi connectivity index (χ0v) is 13.9. The van der Waals surface area contributed by atoms with E-state index in [9.17, 15) is 0 Å². The number of hydrogen-bond acceptors (Lipinski definition) is 4. The van der Waals surface area contributed by atoms with E-state index in [-0.39, 0.29) is 6.61 Å². The minimum absolute atomic E-state index is 0.256. The third kappa shape index (κ3) is 5.53. The highest BCUT2D eigenvalue weighted by atomic mass is 32.2. The molecular formula is C17H28N2OS. The first-order valence-electron chi connectivity index (χ1n) is 8.00. The summed E-state index contributed by atoms with van der Waals surface area (Å²) in [6.07, 6.45) is 6.95. The van der Waals surface area contributed by atoms with E-state index in [0.29, 0.717) is 6.04 Å². The van der Waals surface area contributed by atoms with E-state index < -0.39 is 0 Å². The van der Waals surface area contributed by atoms with Gasteiger partial charge in [-0.2, -0.15) is 11.8 Å². The van der Waals surface area contributed by atoms with Gasteiger partial charge in [0.05, 0.1) is 0 Å². The summed E-state index contributed by atoms with van der Waals surface area (Å²) in [6, 6.07) is 9.35. The molecule has 0 bridgehead atoms. The lowest BCUT2D eigenvalue weighted by molar-refractivity contribution is 0.270. The van der Waals surface area contributed by atoms with Crippen LogP contribution in [0.1, 0.15) is 31.2 Å². The van der Waals surface area contributed by atoms with Crippen molar-refractivity contribution in [2.45, 2.75) is 38.3 Å². The molecule has 0 aromatic heterocycles. The highest BCUT2D eigenvalue weighted by molar-refractivity contribution is 7.98. The Labute approximate surface area is 133 Å². The van der Waals surface area contributed by atoms with Gasteiger partial charge in [-0.15, -0.1) is 0 Å². The smallest absolute Gasteiger partial charge is 0.0446 e. The average molecular weight is 308 g/mol. The monoisotopic (exact) mass is 308 g/mol. The minimum atomic E-state index is 0.256. The fraction of sp³-hybridized carbons (Fsp3) is 0.647. The first-order valence-corrected chi connectivity index (χ1v) is 9.40. The Morgan fingerprint density at radius 2 is 1.90 bits per heavy atom. The van der Waals surface area contributed by atoms with Crippen molar-refractivity contribution in [1.82, 2.24) is 5.32 Å². The van der Waals surface area contributed by atoms with Crippen LogP contribution in [0.5, 0.6) is 0 Å². The van der Waals surface area contributed by atoms with Crippen molar-refractivity contribution < 1.29 is 5.11 Å². The number of anilines is 1. The molecular weight excluding hydrogens is 280 g/mol. The number of benzene rings is 1. The zero-order chi connectivity index (χ0) is 14.9. The molecule has 4 heteroatoms. The van der Waals surface area contributed by atoms with Crippen LogP contribution >= 0.6 is 11.8 Å². The molecule has 118 valence electrons. The number of piperidine rings is 1. The summed E-state index contributed by atoms with van der Waals surface area (Å²) >= 11 is 1.83. The molecule has 1 aromatic carbocycles. The van der Waals surface area contributed by atoms with Crippen molar-refractivity contribution in [3.05, 3.63) is 29.8 Å². The first-order chi connectivity index (χ1) is 10.3. The van der Waals surface area contributed by atoms with Gasteiger partial charge in [-0.25, -0.2) is 0 Å². The Kier molecular flexibility index (Phi) is 7.41. The number of nitrogens with zero attached hydrogens (tertiary/aromatic N) is 1. The van der Waals surface area contributed by atoms with Gasteiger partial charge >= 0.3 is 0 Å². The van der Waals surface area contributed by atoms with Crippen molar-refractivity contribution in [2.75, 3.05) is 36.6 Å². The summed E-state index contributed by atoms with van der Waals surface area (Å²) in [6.45, 7) is 3.53. The summed E-state index contributed by atoms with van der Waals surface area (Å²) in [5.74, 6) is 1.05. The fourth-order valence-electron chi connectivity index (χ4n) is 2.84. The van der Waals surface area contributed by atoms with Crippen LogP contribution in [0.4, 0.5) is 5.69 Å². The zero-order valence-electron chi connectivity index (χ0n) is 13.1. The topological polar surface area (TPSA) is 35.5 Å². The standard InChI is InChI=1S/C17H28N2OS/c1-21-14-16(9-12-20)18-13-15-5-7-17(8-6-15)19-10-3-2-4-11-19/h5-8,16,18,20H,2-4,9-14H2,1H3. The van der Waals surface area contributed by atoms with E-state index in [1.807, 2.05) is 11.8 Å². The van der Waals surface area contributed by atoms with Crippen LogP contribution in [-0.4, -0.2) is 42.9 Å². The van der Waals surface area contributed by atoms with Gasteiger partial charge in [0.2, 0.25) is 0 Å². The molecule has 3 nitrogen and oxygen atoms in total. The van der Waals surface area contributed by atoms with Gasteiger partial charge < -0.3 is 15.3 Å². The minimum Gasteiger partial charge on any atom is -0.396 e. The highest BCUT2D eigenvalue weighted by Crippen LogP contribution is 2.20. The number of nitrogens with one attached hydrogen (secondary N) is 1. The molecule has 1 fully saturated rings. The lowest BCUT2D eigenvalue weighted by Crippen LogP contribution is -2.32. The van der Waals surface area contributed by atoms with E-state index in [1.165, 1.54) is 43.6 Å². The molecule has 0 amide bonds. The van der Waals surface area contributed by atoms with Crippen LogP contribution in [0.25, 0.3) is 0 Å². The maximum absolute atomic E-state index is 9.09. The van der Waals surface area contributed by atoms with Crippen LogP contribution in [0.15, 0.2) is 24.3 Å². The van der Waals surface area contributed by atoms with E-state index in [1.54, 1.807) is 0 Å².